The Morgan fingerprint density at radius 1 is 1.06 bits per heavy atom. The molecule has 0 saturated heterocycles. The van der Waals surface area contributed by atoms with E-state index in [9.17, 15) is 0 Å². The fourth-order valence-corrected chi connectivity index (χ4v) is 1.59. The minimum absolute atomic E-state index is 0.0866. The second-order valence-electron chi connectivity index (χ2n) is 3.90. The molecule has 1 rings (SSSR count). The molecule has 18 heavy (non-hydrogen) atoms. The number of halogens is 3. The molecule has 1 heterocycles. The van der Waals surface area contributed by atoms with Gasteiger partial charge in [0, 0.05) is 0 Å². The van der Waals surface area contributed by atoms with Crippen LogP contribution in [0.3, 0.4) is 0 Å². The maximum Gasteiger partial charge on any atom is 0.320 e. The van der Waals surface area contributed by atoms with Crippen LogP contribution < -0.4 is 4.74 Å². The van der Waals surface area contributed by atoms with Crippen molar-refractivity contribution in [1.29, 1.82) is 0 Å². The number of aromatic nitrogens is 3. The summed E-state index contributed by atoms with van der Waals surface area (Å²) in [4.78, 5) is 12.0. The van der Waals surface area contributed by atoms with Crippen molar-refractivity contribution in [3.63, 3.8) is 0 Å². The van der Waals surface area contributed by atoms with Gasteiger partial charge in [-0.25, -0.2) is 4.98 Å². The Balaban J connectivity index is 2.58. The number of nitrogens with zero attached hydrogens (tertiary/aromatic N) is 3. The van der Waals surface area contributed by atoms with Crippen LogP contribution in [-0.4, -0.2) is 21.6 Å². The number of aryl methyl sites for hydroxylation is 1. The van der Waals surface area contributed by atoms with Crippen molar-refractivity contribution >= 4 is 34.8 Å². The summed E-state index contributed by atoms with van der Waals surface area (Å²) in [6.07, 6.45) is 4.46. The summed E-state index contributed by atoms with van der Waals surface area (Å²) in [5.74, 6) is 0.554. The lowest BCUT2D eigenvalue weighted by Crippen LogP contribution is -2.12. The van der Waals surface area contributed by atoms with Crippen LogP contribution in [0.25, 0.3) is 0 Å². The van der Waals surface area contributed by atoms with E-state index in [1.54, 1.807) is 6.92 Å². The lowest BCUT2D eigenvalue weighted by Gasteiger charge is -2.11. The number of unbranched alkanes of at least 4 members (excludes halogenated alkanes) is 3. The summed E-state index contributed by atoms with van der Waals surface area (Å²) in [5, 5.41) is 0. The lowest BCUT2D eigenvalue weighted by molar-refractivity contribution is 0.278. The van der Waals surface area contributed by atoms with Gasteiger partial charge in [-0.15, -0.1) is 0 Å². The van der Waals surface area contributed by atoms with Crippen LogP contribution in [0.5, 0.6) is 6.01 Å². The van der Waals surface area contributed by atoms with Crippen LogP contribution in [-0.2, 0) is 3.79 Å². The molecule has 0 unspecified atom stereocenters. The van der Waals surface area contributed by atoms with Gasteiger partial charge in [0.1, 0.15) is 5.82 Å². The molecule has 1 aromatic rings. The van der Waals surface area contributed by atoms with Crippen LogP contribution in [0.2, 0.25) is 0 Å². The van der Waals surface area contributed by atoms with E-state index >= 15 is 0 Å². The fraction of sp³-hybridized carbons (Fsp3) is 0.727. The van der Waals surface area contributed by atoms with Crippen LogP contribution >= 0.6 is 34.8 Å². The maximum absolute atomic E-state index is 5.73. The van der Waals surface area contributed by atoms with Crippen LogP contribution in [0.4, 0.5) is 0 Å². The molecule has 0 aliphatic heterocycles. The molecule has 0 fully saturated rings. The Kier molecular flexibility index (Phi) is 6.39. The molecule has 0 N–H and O–H groups in total. The van der Waals surface area contributed by atoms with Crippen molar-refractivity contribution in [2.75, 3.05) is 6.61 Å². The van der Waals surface area contributed by atoms with E-state index in [0.717, 1.165) is 12.8 Å². The largest absolute Gasteiger partial charge is 0.463 e. The molecule has 0 amide bonds. The Labute approximate surface area is 122 Å². The maximum atomic E-state index is 5.73. The van der Waals surface area contributed by atoms with Crippen molar-refractivity contribution < 1.29 is 4.74 Å². The summed E-state index contributed by atoms with van der Waals surface area (Å²) < 4.78 is 3.77. The Bertz CT molecular complexity index is 382. The van der Waals surface area contributed by atoms with Gasteiger partial charge in [-0.1, -0.05) is 61.0 Å². The third-order valence-electron chi connectivity index (χ3n) is 2.21. The summed E-state index contributed by atoms with van der Waals surface area (Å²) in [5.41, 5.74) is 0. The first-order chi connectivity index (χ1) is 8.43. The molecule has 0 saturated carbocycles. The topological polar surface area (TPSA) is 47.9 Å². The predicted molar refractivity (Wildman–Crippen MR) is 73.4 cm³/mol. The highest BCUT2D eigenvalue weighted by molar-refractivity contribution is 6.66. The third kappa shape index (κ3) is 5.55. The lowest BCUT2D eigenvalue weighted by atomic mass is 10.2. The quantitative estimate of drug-likeness (QED) is 0.589. The predicted octanol–water partition coefficient (Wildman–Crippen LogP) is 3.97. The van der Waals surface area contributed by atoms with E-state index in [-0.39, 0.29) is 11.8 Å². The highest BCUT2D eigenvalue weighted by atomic mass is 35.6. The average molecular weight is 313 g/mol. The van der Waals surface area contributed by atoms with Crippen LogP contribution in [0, 0.1) is 6.92 Å². The monoisotopic (exact) mass is 311 g/mol. The number of hydrogen-bond donors (Lipinski definition) is 0. The number of rotatable bonds is 6. The van der Waals surface area contributed by atoms with E-state index in [0.29, 0.717) is 12.4 Å². The van der Waals surface area contributed by atoms with E-state index in [2.05, 4.69) is 21.9 Å². The third-order valence-corrected chi connectivity index (χ3v) is 2.72. The van der Waals surface area contributed by atoms with E-state index in [1.807, 2.05) is 0 Å². The van der Waals surface area contributed by atoms with Gasteiger partial charge in [0.05, 0.1) is 6.61 Å². The zero-order chi connectivity index (χ0) is 13.6. The van der Waals surface area contributed by atoms with E-state index < -0.39 is 3.79 Å². The molecule has 0 aliphatic carbocycles. The molecule has 0 aliphatic rings. The Morgan fingerprint density at radius 2 is 1.78 bits per heavy atom. The van der Waals surface area contributed by atoms with Crippen LogP contribution in [0.1, 0.15) is 44.3 Å². The molecular weight excluding hydrogens is 296 g/mol. The Hall–Kier alpha value is -0.320. The first kappa shape index (κ1) is 15.7. The first-order valence-corrected chi connectivity index (χ1v) is 6.99. The van der Waals surface area contributed by atoms with Gasteiger partial charge >= 0.3 is 6.01 Å². The summed E-state index contributed by atoms with van der Waals surface area (Å²) in [6.45, 7) is 4.41. The minimum Gasteiger partial charge on any atom is -0.463 e. The molecule has 0 bridgehead atoms. The van der Waals surface area contributed by atoms with Gasteiger partial charge in [-0.2, -0.15) is 9.97 Å². The number of ether oxygens (including phenoxy) is 1. The zero-order valence-corrected chi connectivity index (χ0v) is 12.7. The van der Waals surface area contributed by atoms with Gasteiger partial charge in [0.15, 0.2) is 5.82 Å². The molecule has 4 nitrogen and oxygen atoms in total. The highest BCUT2D eigenvalue weighted by Gasteiger charge is 2.28. The number of hydrogen-bond acceptors (Lipinski definition) is 4. The van der Waals surface area contributed by atoms with E-state index in [1.165, 1.54) is 12.8 Å². The Morgan fingerprint density at radius 3 is 2.39 bits per heavy atom. The summed E-state index contributed by atoms with van der Waals surface area (Å²) >= 11 is 17.2. The van der Waals surface area contributed by atoms with Gasteiger partial charge in [-0.05, 0) is 13.3 Å². The molecule has 0 spiro atoms. The zero-order valence-electron chi connectivity index (χ0n) is 10.4. The molecule has 0 radical (unpaired) electrons. The van der Waals surface area contributed by atoms with Crippen molar-refractivity contribution in [2.45, 2.75) is 43.3 Å². The highest BCUT2D eigenvalue weighted by Crippen LogP contribution is 2.36. The van der Waals surface area contributed by atoms with Gasteiger partial charge in [0.25, 0.3) is 0 Å². The van der Waals surface area contributed by atoms with Crippen molar-refractivity contribution in [1.82, 2.24) is 15.0 Å². The van der Waals surface area contributed by atoms with Gasteiger partial charge in [-0.3, -0.25) is 0 Å². The van der Waals surface area contributed by atoms with Crippen molar-refractivity contribution in [3.05, 3.63) is 11.6 Å². The average Bonchev–Trinajstić information content (AvgIpc) is 2.27. The van der Waals surface area contributed by atoms with Crippen LogP contribution in [0.15, 0.2) is 0 Å². The fourth-order valence-electron chi connectivity index (χ4n) is 1.34. The smallest absolute Gasteiger partial charge is 0.320 e. The SMILES string of the molecule is CCCCCCOc1nc(C)nc(C(Cl)(Cl)Cl)n1. The molecule has 0 atom stereocenters. The second kappa shape index (κ2) is 7.31. The second-order valence-corrected chi connectivity index (χ2v) is 6.18. The molecule has 7 heteroatoms. The number of alkyl halides is 3. The summed E-state index contributed by atoms with van der Waals surface area (Å²) in [6, 6.07) is 0.209. The molecule has 1 aromatic heterocycles. The normalized spacial score (nSPS) is 11.6. The first-order valence-electron chi connectivity index (χ1n) is 5.86. The molecule has 0 aromatic carbocycles. The van der Waals surface area contributed by atoms with Gasteiger partial charge < -0.3 is 4.74 Å². The summed E-state index contributed by atoms with van der Waals surface area (Å²) in [7, 11) is 0. The van der Waals surface area contributed by atoms with Gasteiger partial charge in [0.2, 0.25) is 3.79 Å². The van der Waals surface area contributed by atoms with E-state index in [4.69, 9.17) is 39.5 Å². The van der Waals surface area contributed by atoms with Crippen molar-refractivity contribution in [2.24, 2.45) is 0 Å². The van der Waals surface area contributed by atoms with Crippen molar-refractivity contribution in [3.8, 4) is 6.01 Å². The molecule has 102 valence electrons. The molecular formula is C11H16Cl3N3O. The standard InChI is InChI=1S/C11H16Cl3N3O/c1-3-4-5-6-7-18-10-16-8(2)15-9(17-10)11(12,13)14/h3-7H2,1-2H3. The minimum atomic E-state index is -1.66.